The minimum atomic E-state index is -2.47. The van der Waals surface area contributed by atoms with Gasteiger partial charge in [0.1, 0.15) is 10.7 Å². The summed E-state index contributed by atoms with van der Waals surface area (Å²) in [6.45, 7) is 0. The molecular formula is C14H13NO3S. The molecule has 5 heteroatoms. The Morgan fingerprint density at radius 3 is 2.42 bits per heavy atom. The molecule has 98 valence electrons. The van der Waals surface area contributed by atoms with E-state index < -0.39 is 10.7 Å². The second kappa shape index (κ2) is 6.15. The molecule has 0 aliphatic heterocycles. The van der Waals surface area contributed by atoms with Gasteiger partial charge >= 0.3 is 0 Å². The summed E-state index contributed by atoms with van der Waals surface area (Å²) in [5.74, 6) is -0.242. The Bertz CT molecular complexity index is 643. The summed E-state index contributed by atoms with van der Waals surface area (Å²) in [7, 11) is -2.47. The normalized spacial score (nSPS) is 10.4. The molecule has 2 aromatic carbocycles. The topological polar surface area (TPSA) is 63.2 Å². The van der Waals surface area contributed by atoms with Crippen molar-refractivity contribution in [1.82, 2.24) is 0 Å². The maximum atomic E-state index is 11.9. The van der Waals surface area contributed by atoms with Crippen LogP contribution in [0.3, 0.4) is 0 Å². The summed E-state index contributed by atoms with van der Waals surface area (Å²) in [6.07, 6.45) is 0. The first-order valence-electron chi connectivity index (χ1n) is 5.72. The van der Waals surface area contributed by atoms with Crippen LogP contribution in [0.1, 0.15) is 15.9 Å². The molecule has 0 saturated heterocycles. The molecule has 0 bridgehead atoms. The molecule has 0 heterocycles. The van der Waals surface area contributed by atoms with Crippen molar-refractivity contribution in [2.75, 3.05) is 5.32 Å². The number of rotatable bonds is 4. The third-order valence-corrected chi connectivity index (χ3v) is 3.16. The summed E-state index contributed by atoms with van der Waals surface area (Å²) >= 11 is 0. The molecule has 0 spiro atoms. The second-order valence-electron chi connectivity index (χ2n) is 4.01. The second-order valence-corrected chi connectivity index (χ2v) is 4.99. The molecule has 1 amide bonds. The molecule has 4 nitrogen and oxygen atoms in total. The SMILES string of the molecule is O=C(Nc1cccc(C[SH](=O)=O)c1)c1ccccc1. The number of hydrogen-bond acceptors (Lipinski definition) is 3. The number of carbonyl (C=O) groups excluding carboxylic acids is 1. The lowest BCUT2D eigenvalue weighted by atomic mass is 10.2. The predicted octanol–water partition coefficient (Wildman–Crippen LogP) is 2.05. The maximum absolute atomic E-state index is 11.9. The standard InChI is InChI=1S/C14H13NO3S/c16-14(12-6-2-1-3-7-12)15-13-8-4-5-11(9-13)10-19(17)18/h1-9,19H,10H2,(H,15,16). The van der Waals surface area contributed by atoms with Crippen LogP contribution in [0.4, 0.5) is 5.69 Å². The van der Waals surface area contributed by atoms with E-state index in [4.69, 9.17) is 0 Å². The first-order chi connectivity index (χ1) is 9.15. The summed E-state index contributed by atoms with van der Waals surface area (Å²) in [4.78, 5) is 11.9. The molecule has 0 fully saturated rings. The van der Waals surface area contributed by atoms with Gasteiger partial charge in [0.15, 0.2) is 0 Å². The zero-order valence-electron chi connectivity index (χ0n) is 10.1. The van der Waals surface area contributed by atoms with Crippen LogP contribution in [0.5, 0.6) is 0 Å². The number of anilines is 1. The van der Waals surface area contributed by atoms with E-state index in [2.05, 4.69) is 5.32 Å². The average Bonchev–Trinajstić information content (AvgIpc) is 2.39. The molecule has 19 heavy (non-hydrogen) atoms. The van der Waals surface area contributed by atoms with Crippen molar-refractivity contribution in [1.29, 1.82) is 0 Å². The van der Waals surface area contributed by atoms with Gasteiger partial charge in [-0.25, -0.2) is 8.42 Å². The third-order valence-electron chi connectivity index (χ3n) is 2.53. The Labute approximate surface area is 113 Å². The Hall–Kier alpha value is -2.14. The molecule has 0 radical (unpaired) electrons. The van der Waals surface area contributed by atoms with E-state index in [1.165, 1.54) is 0 Å². The van der Waals surface area contributed by atoms with Crippen molar-refractivity contribution in [2.24, 2.45) is 0 Å². The highest BCUT2D eigenvalue weighted by molar-refractivity contribution is 7.71. The number of carbonyl (C=O) groups is 1. The maximum Gasteiger partial charge on any atom is 0.255 e. The van der Waals surface area contributed by atoms with Crippen LogP contribution in [0.15, 0.2) is 54.6 Å². The largest absolute Gasteiger partial charge is 0.322 e. The summed E-state index contributed by atoms with van der Waals surface area (Å²) < 4.78 is 21.3. The van der Waals surface area contributed by atoms with E-state index in [1.54, 1.807) is 48.5 Å². The fraction of sp³-hybridized carbons (Fsp3) is 0.0714. The third kappa shape index (κ3) is 3.93. The van der Waals surface area contributed by atoms with Crippen LogP contribution in [0.25, 0.3) is 0 Å². The molecule has 0 atom stereocenters. The lowest BCUT2D eigenvalue weighted by molar-refractivity contribution is 0.102. The van der Waals surface area contributed by atoms with Gasteiger partial charge in [-0.1, -0.05) is 30.3 Å². The number of hydrogen-bond donors (Lipinski definition) is 2. The predicted molar refractivity (Wildman–Crippen MR) is 74.9 cm³/mol. The van der Waals surface area contributed by atoms with E-state index >= 15 is 0 Å². The van der Waals surface area contributed by atoms with Gasteiger partial charge in [0.05, 0.1) is 5.75 Å². The highest BCUT2D eigenvalue weighted by Gasteiger charge is 2.05. The summed E-state index contributed by atoms with van der Waals surface area (Å²) in [6, 6.07) is 15.6. The van der Waals surface area contributed by atoms with Gasteiger partial charge in [0, 0.05) is 11.3 Å². The lowest BCUT2D eigenvalue weighted by Crippen LogP contribution is -2.11. The summed E-state index contributed by atoms with van der Waals surface area (Å²) in [5.41, 5.74) is 1.80. The van der Waals surface area contributed by atoms with Gasteiger partial charge in [-0.2, -0.15) is 0 Å². The van der Waals surface area contributed by atoms with Crippen LogP contribution >= 0.6 is 0 Å². The minimum Gasteiger partial charge on any atom is -0.322 e. The van der Waals surface area contributed by atoms with E-state index in [-0.39, 0.29) is 11.7 Å². The zero-order valence-corrected chi connectivity index (χ0v) is 11.0. The van der Waals surface area contributed by atoms with Gasteiger partial charge in [0.2, 0.25) is 0 Å². The van der Waals surface area contributed by atoms with Gasteiger partial charge in [-0.05, 0) is 29.8 Å². The molecule has 0 aliphatic rings. The van der Waals surface area contributed by atoms with Gasteiger partial charge in [0.25, 0.3) is 5.91 Å². The van der Waals surface area contributed by atoms with Crippen molar-refractivity contribution in [2.45, 2.75) is 5.75 Å². The molecule has 0 unspecified atom stereocenters. The number of nitrogens with one attached hydrogen (secondary N) is 1. The van der Waals surface area contributed by atoms with E-state index in [1.807, 2.05) is 6.07 Å². The fourth-order valence-electron chi connectivity index (χ4n) is 1.69. The smallest absolute Gasteiger partial charge is 0.255 e. The lowest BCUT2D eigenvalue weighted by Gasteiger charge is -2.06. The molecule has 0 aromatic heterocycles. The first-order valence-corrected chi connectivity index (χ1v) is 7.08. The Morgan fingerprint density at radius 1 is 1.00 bits per heavy atom. The molecular weight excluding hydrogens is 262 g/mol. The van der Waals surface area contributed by atoms with Gasteiger partial charge in [-0.3, -0.25) is 4.79 Å². The molecule has 0 saturated carbocycles. The number of benzene rings is 2. The van der Waals surface area contributed by atoms with Crippen molar-refractivity contribution < 1.29 is 13.2 Å². The van der Waals surface area contributed by atoms with Crippen LogP contribution in [0, 0.1) is 0 Å². The number of thiol groups is 1. The van der Waals surface area contributed by atoms with Gasteiger partial charge in [-0.15, -0.1) is 0 Å². The zero-order chi connectivity index (χ0) is 13.7. The van der Waals surface area contributed by atoms with Crippen molar-refractivity contribution >= 4 is 22.3 Å². The van der Waals surface area contributed by atoms with E-state index in [0.29, 0.717) is 16.8 Å². The molecule has 2 rings (SSSR count). The average molecular weight is 275 g/mol. The van der Waals surface area contributed by atoms with E-state index in [9.17, 15) is 13.2 Å². The molecule has 0 aliphatic carbocycles. The van der Waals surface area contributed by atoms with Crippen LogP contribution < -0.4 is 5.32 Å². The van der Waals surface area contributed by atoms with Crippen LogP contribution in [0.2, 0.25) is 0 Å². The molecule has 1 N–H and O–H groups in total. The minimum absolute atomic E-state index is 0.0234. The van der Waals surface area contributed by atoms with Crippen LogP contribution in [-0.2, 0) is 16.5 Å². The highest BCUT2D eigenvalue weighted by Crippen LogP contribution is 2.13. The van der Waals surface area contributed by atoms with Crippen molar-refractivity contribution in [3.8, 4) is 0 Å². The highest BCUT2D eigenvalue weighted by atomic mass is 32.2. The quantitative estimate of drug-likeness (QED) is 0.839. The monoisotopic (exact) mass is 275 g/mol. The Kier molecular flexibility index (Phi) is 4.30. The van der Waals surface area contributed by atoms with Crippen molar-refractivity contribution in [3.63, 3.8) is 0 Å². The fourth-order valence-corrected chi connectivity index (χ4v) is 2.18. The van der Waals surface area contributed by atoms with Gasteiger partial charge < -0.3 is 5.32 Å². The number of amides is 1. The Balaban J connectivity index is 2.13. The molecule has 2 aromatic rings. The first kappa shape index (κ1) is 13.3. The van der Waals surface area contributed by atoms with E-state index in [0.717, 1.165) is 0 Å². The van der Waals surface area contributed by atoms with Crippen molar-refractivity contribution in [3.05, 3.63) is 65.7 Å². The Morgan fingerprint density at radius 2 is 1.74 bits per heavy atom. The van der Waals surface area contributed by atoms with Crippen LogP contribution in [-0.4, -0.2) is 14.3 Å². The summed E-state index contributed by atoms with van der Waals surface area (Å²) in [5, 5.41) is 2.74.